The van der Waals surface area contributed by atoms with Crippen LogP contribution in [0.25, 0.3) is 10.8 Å². The molecule has 0 bridgehead atoms. The highest BCUT2D eigenvalue weighted by Gasteiger charge is 2.43. The van der Waals surface area contributed by atoms with Gasteiger partial charge in [-0.1, -0.05) is 30.3 Å². The van der Waals surface area contributed by atoms with Crippen LogP contribution in [0.15, 0.2) is 42.5 Å². The summed E-state index contributed by atoms with van der Waals surface area (Å²) in [4.78, 5) is 0. The van der Waals surface area contributed by atoms with Crippen LogP contribution < -0.4 is 4.74 Å². The van der Waals surface area contributed by atoms with Crippen molar-refractivity contribution in [1.29, 1.82) is 0 Å². The lowest BCUT2D eigenvalue weighted by Crippen LogP contribution is -2.58. The number of rotatable bonds is 2. The predicted octanol–water partition coefficient (Wildman–Crippen LogP) is 1.05. The van der Waals surface area contributed by atoms with E-state index in [1.807, 2.05) is 36.4 Å². The summed E-state index contributed by atoms with van der Waals surface area (Å²) in [6.07, 6.45) is -5.35. The van der Waals surface area contributed by atoms with Crippen LogP contribution in [0.1, 0.15) is 6.92 Å². The third kappa shape index (κ3) is 2.73. The zero-order valence-corrected chi connectivity index (χ0v) is 11.6. The van der Waals surface area contributed by atoms with Crippen LogP contribution >= 0.6 is 0 Å². The van der Waals surface area contributed by atoms with E-state index in [1.54, 1.807) is 13.0 Å². The number of hydrogen-bond acceptors (Lipinski definition) is 5. The second kappa shape index (κ2) is 5.61. The third-order valence-corrected chi connectivity index (χ3v) is 3.78. The summed E-state index contributed by atoms with van der Waals surface area (Å²) in [5.41, 5.74) is 0. The van der Waals surface area contributed by atoms with Gasteiger partial charge in [0.05, 0.1) is 6.10 Å². The Morgan fingerprint density at radius 3 is 2.38 bits per heavy atom. The largest absolute Gasteiger partial charge is 0.462 e. The van der Waals surface area contributed by atoms with E-state index in [4.69, 9.17) is 9.47 Å². The van der Waals surface area contributed by atoms with Gasteiger partial charge in [-0.25, -0.2) is 0 Å². The van der Waals surface area contributed by atoms with Gasteiger partial charge in [-0.2, -0.15) is 0 Å². The maximum Gasteiger partial charge on any atom is 0.229 e. The Hall–Kier alpha value is -1.66. The van der Waals surface area contributed by atoms with E-state index in [2.05, 4.69) is 0 Å². The van der Waals surface area contributed by atoms with Gasteiger partial charge in [0.25, 0.3) is 0 Å². The van der Waals surface area contributed by atoms with Crippen LogP contribution in [-0.2, 0) is 4.74 Å². The Morgan fingerprint density at radius 2 is 1.62 bits per heavy atom. The van der Waals surface area contributed by atoms with Gasteiger partial charge >= 0.3 is 0 Å². The molecule has 112 valence electrons. The molecule has 5 heteroatoms. The fourth-order valence-corrected chi connectivity index (χ4v) is 2.49. The second-order valence-electron chi connectivity index (χ2n) is 5.31. The van der Waals surface area contributed by atoms with Crippen molar-refractivity contribution in [1.82, 2.24) is 0 Å². The minimum atomic E-state index is -1.30. The first-order valence-corrected chi connectivity index (χ1v) is 6.91. The predicted molar refractivity (Wildman–Crippen MR) is 76.9 cm³/mol. The molecule has 1 fully saturated rings. The lowest BCUT2D eigenvalue weighted by Gasteiger charge is -2.38. The highest BCUT2D eigenvalue weighted by Crippen LogP contribution is 2.26. The summed E-state index contributed by atoms with van der Waals surface area (Å²) >= 11 is 0. The molecule has 5 atom stereocenters. The smallest absolute Gasteiger partial charge is 0.229 e. The van der Waals surface area contributed by atoms with Crippen molar-refractivity contribution < 1.29 is 24.8 Å². The standard InChI is InChI=1S/C16H18O5/c1-9-13(17)14(18)15(19)16(20-9)21-12-7-6-10-4-2-3-5-11(10)8-12/h2-9,13-19H,1H3/t9-,13-,14+,15+,16+/m1/s1. The normalized spacial score (nSPS) is 33.0. The van der Waals surface area contributed by atoms with Crippen molar-refractivity contribution in [2.75, 3.05) is 0 Å². The van der Waals surface area contributed by atoms with Gasteiger partial charge in [0.1, 0.15) is 24.1 Å². The molecule has 1 aliphatic heterocycles. The molecule has 1 saturated heterocycles. The van der Waals surface area contributed by atoms with E-state index in [1.165, 1.54) is 0 Å². The van der Waals surface area contributed by atoms with Crippen LogP contribution in [0.5, 0.6) is 5.75 Å². The molecule has 2 aromatic rings. The molecule has 2 aromatic carbocycles. The van der Waals surface area contributed by atoms with Crippen molar-refractivity contribution >= 4 is 10.8 Å². The van der Waals surface area contributed by atoms with Gasteiger partial charge in [-0.05, 0) is 29.8 Å². The average molecular weight is 290 g/mol. The van der Waals surface area contributed by atoms with E-state index < -0.39 is 30.7 Å². The summed E-state index contributed by atoms with van der Waals surface area (Å²) in [6.45, 7) is 1.62. The van der Waals surface area contributed by atoms with Crippen LogP contribution in [-0.4, -0.2) is 46.0 Å². The van der Waals surface area contributed by atoms with Crippen molar-refractivity contribution in [3.63, 3.8) is 0 Å². The zero-order chi connectivity index (χ0) is 15.0. The maximum absolute atomic E-state index is 9.94. The first-order chi connectivity index (χ1) is 10.1. The van der Waals surface area contributed by atoms with E-state index >= 15 is 0 Å². The molecule has 21 heavy (non-hydrogen) atoms. The molecule has 0 radical (unpaired) electrons. The summed E-state index contributed by atoms with van der Waals surface area (Å²) in [6, 6.07) is 13.4. The Bertz CT molecular complexity index is 629. The highest BCUT2D eigenvalue weighted by molar-refractivity contribution is 5.83. The molecule has 1 aliphatic rings. The highest BCUT2D eigenvalue weighted by atomic mass is 16.7. The Balaban J connectivity index is 1.81. The molecule has 5 nitrogen and oxygen atoms in total. The van der Waals surface area contributed by atoms with Gasteiger partial charge in [0.15, 0.2) is 0 Å². The molecular formula is C16H18O5. The minimum Gasteiger partial charge on any atom is -0.462 e. The lowest BCUT2D eigenvalue weighted by atomic mass is 10.00. The quantitative estimate of drug-likeness (QED) is 0.770. The maximum atomic E-state index is 9.94. The molecule has 0 unspecified atom stereocenters. The summed E-state index contributed by atoms with van der Waals surface area (Å²) in [5.74, 6) is 0.536. The molecule has 0 aromatic heterocycles. The van der Waals surface area contributed by atoms with Gasteiger partial charge in [-0.3, -0.25) is 0 Å². The summed E-state index contributed by atoms with van der Waals surface area (Å²) in [5, 5.41) is 31.5. The molecule has 3 N–H and O–H groups in total. The number of aliphatic hydroxyl groups excluding tert-OH is 3. The summed E-state index contributed by atoms with van der Waals surface area (Å²) < 4.78 is 11.0. The summed E-state index contributed by atoms with van der Waals surface area (Å²) in [7, 11) is 0. The number of aliphatic hydroxyl groups is 3. The number of hydrogen-bond donors (Lipinski definition) is 3. The van der Waals surface area contributed by atoms with Crippen molar-refractivity contribution in [3.8, 4) is 5.75 Å². The van der Waals surface area contributed by atoms with E-state index in [0.717, 1.165) is 10.8 Å². The van der Waals surface area contributed by atoms with Crippen molar-refractivity contribution in [3.05, 3.63) is 42.5 Å². The monoisotopic (exact) mass is 290 g/mol. The molecule has 0 saturated carbocycles. The molecule has 0 amide bonds. The molecule has 1 heterocycles. The van der Waals surface area contributed by atoms with Crippen LogP contribution in [0.2, 0.25) is 0 Å². The van der Waals surface area contributed by atoms with Crippen LogP contribution in [0.3, 0.4) is 0 Å². The van der Waals surface area contributed by atoms with Crippen LogP contribution in [0.4, 0.5) is 0 Å². The fraction of sp³-hybridized carbons (Fsp3) is 0.375. The van der Waals surface area contributed by atoms with Crippen molar-refractivity contribution in [2.24, 2.45) is 0 Å². The third-order valence-electron chi connectivity index (χ3n) is 3.78. The molecule has 0 spiro atoms. The van der Waals surface area contributed by atoms with Gasteiger partial charge in [0, 0.05) is 0 Å². The van der Waals surface area contributed by atoms with Crippen LogP contribution in [0, 0.1) is 0 Å². The molecule has 0 aliphatic carbocycles. The molecule has 3 rings (SSSR count). The Labute approximate surface area is 122 Å². The Morgan fingerprint density at radius 1 is 0.905 bits per heavy atom. The lowest BCUT2D eigenvalue weighted by molar-refractivity contribution is -0.268. The average Bonchev–Trinajstić information content (AvgIpc) is 2.50. The minimum absolute atomic E-state index is 0.536. The SMILES string of the molecule is C[C@H]1O[C@@H](Oc2ccc3ccccc3c2)[C@@H](O)[C@@H](O)[C@@H]1O. The number of benzene rings is 2. The van der Waals surface area contributed by atoms with Gasteiger partial charge in [0.2, 0.25) is 6.29 Å². The number of fused-ring (bicyclic) bond motifs is 1. The second-order valence-corrected chi connectivity index (χ2v) is 5.31. The number of ether oxygens (including phenoxy) is 2. The van der Waals surface area contributed by atoms with E-state index in [0.29, 0.717) is 5.75 Å². The van der Waals surface area contributed by atoms with E-state index in [9.17, 15) is 15.3 Å². The topological polar surface area (TPSA) is 79.2 Å². The Kier molecular flexibility index (Phi) is 3.82. The first kappa shape index (κ1) is 14.3. The first-order valence-electron chi connectivity index (χ1n) is 6.91. The fourth-order valence-electron chi connectivity index (χ4n) is 2.49. The molecular weight excluding hydrogens is 272 g/mol. The van der Waals surface area contributed by atoms with Gasteiger partial charge < -0.3 is 24.8 Å². The zero-order valence-electron chi connectivity index (χ0n) is 11.6. The van der Waals surface area contributed by atoms with Crippen molar-refractivity contribution in [2.45, 2.75) is 37.6 Å². The van der Waals surface area contributed by atoms with E-state index in [-0.39, 0.29) is 0 Å². The van der Waals surface area contributed by atoms with Gasteiger partial charge in [-0.15, -0.1) is 0 Å².